The van der Waals surface area contributed by atoms with Crippen LogP contribution in [0, 0.1) is 0 Å². The summed E-state index contributed by atoms with van der Waals surface area (Å²) in [6, 6.07) is 5.32. The molecule has 2 rings (SSSR count). The molecule has 2 heterocycles. The van der Waals surface area contributed by atoms with Crippen LogP contribution in [0.25, 0.3) is 0 Å². The highest BCUT2D eigenvalue weighted by Crippen LogP contribution is 2.15. The molecule has 0 fully saturated rings. The van der Waals surface area contributed by atoms with E-state index in [2.05, 4.69) is 42.2 Å². The molecule has 0 aromatic carbocycles. The maximum atomic E-state index is 11.9. The first-order valence-electron chi connectivity index (χ1n) is 4.81. The molecule has 0 saturated carbocycles. The molecule has 0 bridgehead atoms. The van der Waals surface area contributed by atoms with E-state index in [0.717, 1.165) is 8.95 Å². The van der Waals surface area contributed by atoms with E-state index in [-0.39, 0.29) is 5.91 Å². The zero-order chi connectivity index (χ0) is 12.4. The maximum absolute atomic E-state index is 11.9. The second-order valence-corrected chi connectivity index (χ2v) is 5.30. The molecule has 2 aromatic rings. The van der Waals surface area contributed by atoms with Crippen LogP contribution in [0.1, 0.15) is 10.5 Å². The average molecular weight is 359 g/mol. The summed E-state index contributed by atoms with van der Waals surface area (Å²) in [4.78, 5) is 16.0. The van der Waals surface area contributed by atoms with Crippen molar-refractivity contribution in [2.75, 3.05) is 5.32 Å². The third-order valence-electron chi connectivity index (χ3n) is 2.17. The maximum Gasteiger partial charge on any atom is 0.273 e. The molecule has 0 aliphatic heterocycles. The predicted octanol–water partition coefficient (Wildman–Crippen LogP) is 3.20. The molecule has 4 nitrogen and oxygen atoms in total. The van der Waals surface area contributed by atoms with Crippen LogP contribution in [0.4, 0.5) is 5.82 Å². The Labute approximate surface area is 115 Å². The number of amides is 1. The summed E-state index contributed by atoms with van der Waals surface area (Å²) < 4.78 is 3.49. The number of nitrogens with zero attached hydrogens (tertiary/aromatic N) is 2. The van der Waals surface area contributed by atoms with E-state index in [4.69, 9.17) is 0 Å². The van der Waals surface area contributed by atoms with Gasteiger partial charge in [0.05, 0.1) is 0 Å². The van der Waals surface area contributed by atoms with Crippen LogP contribution in [-0.4, -0.2) is 15.5 Å². The highest BCUT2D eigenvalue weighted by molar-refractivity contribution is 9.10. The number of aryl methyl sites for hydroxylation is 1. The van der Waals surface area contributed by atoms with Gasteiger partial charge in [0.25, 0.3) is 5.91 Å². The van der Waals surface area contributed by atoms with Crippen LogP contribution in [0.2, 0.25) is 0 Å². The highest BCUT2D eigenvalue weighted by Gasteiger charge is 2.11. The molecule has 6 heteroatoms. The van der Waals surface area contributed by atoms with Gasteiger partial charge in [-0.05, 0) is 50.1 Å². The third kappa shape index (κ3) is 2.95. The first kappa shape index (κ1) is 12.3. The average Bonchev–Trinajstić information content (AvgIpc) is 2.61. The first-order valence-corrected chi connectivity index (χ1v) is 6.39. The number of hydrogen-bond donors (Lipinski definition) is 1. The van der Waals surface area contributed by atoms with Crippen molar-refractivity contribution in [3.8, 4) is 0 Å². The van der Waals surface area contributed by atoms with Crippen LogP contribution in [0.15, 0.2) is 39.5 Å². The lowest BCUT2D eigenvalue weighted by Crippen LogP contribution is -2.15. The van der Waals surface area contributed by atoms with Crippen molar-refractivity contribution in [3.05, 3.63) is 45.2 Å². The molecular weight excluding hydrogens is 350 g/mol. The number of carbonyl (C=O) groups excluding carboxylic acids is 1. The summed E-state index contributed by atoms with van der Waals surface area (Å²) in [5.74, 6) is 0.337. The smallest absolute Gasteiger partial charge is 0.273 e. The van der Waals surface area contributed by atoms with Crippen LogP contribution in [0.5, 0.6) is 0 Å². The van der Waals surface area contributed by atoms with E-state index in [0.29, 0.717) is 11.5 Å². The molecule has 0 radical (unpaired) electrons. The molecule has 0 saturated heterocycles. The molecular formula is C11H9Br2N3O. The summed E-state index contributed by atoms with van der Waals surface area (Å²) in [5.41, 5.74) is 0.571. The monoisotopic (exact) mass is 357 g/mol. The van der Waals surface area contributed by atoms with Crippen LogP contribution in [0.3, 0.4) is 0 Å². The van der Waals surface area contributed by atoms with Crippen molar-refractivity contribution in [2.24, 2.45) is 7.05 Å². The van der Waals surface area contributed by atoms with Gasteiger partial charge in [-0.3, -0.25) is 4.79 Å². The quantitative estimate of drug-likeness (QED) is 0.896. The summed E-state index contributed by atoms with van der Waals surface area (Å²) in [7, 11) is 1.81. The standard InChI is InChI=1S/C11H9Br2N3O/c1-16-6-8(13)4-9(16)11(17)15-10-3-2-7(12)5-14-10/h2-6H,1H3,(H,14,15,17). The normalized spacial score (nSPS) is 10.3. The molecule has 1 amide bonds. The summed E-state index contributed by atoms with van der Waals surface area (Å²) >= 11 is 6.61. The lowest BCUT2D eigenvalue weighted by Gasteiger charge is -2.04. The fourth-order valence-corrected chi connectivity index (χ4v) is 2.14. The van der Waals surface area contributed by atoms with Crippen molar-refractivity contribution >= 4 is 43.6 Å². The summed E-state index contributed by atoms with van der Waals surface area (Å²) in [6.07, 6.45) is 3.46. The third-order valence-corrected chi connectivity index (χ3v) is 3.08. The largest absolute Gasteiger partial charge is 0.345 e. The Morgan fingerprint density at radius 2 is 2.12 bits per heavy atom. The minimum absolute atomic E-state index is 0.187. The Balaban J connectivity index is 2.17. The second kappa shape index (κ2) is 5.01. The number of rotatable bonds is 2. The van der Waals surface area contributed by atoms with Crippen LogP contribution >= 0.6 is 31.9 Å². The fourth-order valence-electron chi connectivity index (χ4n) is 1.38. The zero-order valence-corrected chi connectivity index (χ0v) is 12.1. The Morgan fingerprint density at radius 3 is 2.65 bits per heavy atom. The van der Waals surface area contributed by atoms with Gasteiger partial charge in [0.1, 0.15) is 11.5 Å². The topological polar surface area (TPSA) is 46.9 Å². The number of halogens is 2. The van der Waals surface area contributed by atoms with Crippen LogP contribution in [-0.2, 0) is 7.05 Å². The molecule has 0 unspecified atom stereocenters. The van der Waals surface area contributed by atoms with Gasteiger partial charge in [0, 0.05) is 28.4 Å². The number of hydrogen-bond acceptors (Lipinski definition) is 2. The Kier molecular flexibility index (Phi) is 3.63. The van der Waals surface area contributed by atoms with Gasteiger partial charge in [-0.25, -0.2) is 4.98 Å². The van der Waals surface area contributed by atoms with E-state index in [1.807, 2.05) is 19.3 Å². The number of anilines is 1. The Morgan fingerprint density at radius 1 is 1.35 bits per heavy atom. The van der Waals surface area contributed by atoms with E-state index >= 15 is 0 Å². The van der Waals surface area contributed by atoms with Crippen molar-refractivity contribution < 1.29 is 4.79 Å². The first-order chi connectivity index (χ1) is 8.06. The van der Waals surface area contributed by atoms with Gasteiger partial charge >= 0.3 is 0 Å². The summed E-state index contributed by atoms with van der Waals surface area (Å²) in [5, 5.41) is 2.73. The van der Waals surface area contributed by atoms with E-state index < -0.39 is 0 Å². The van der Waals surface area contributed by atoms with Gasteiger partial charge in [-0.15, -0.1) is 0 Å². The number of pyridine rings is 1. The summed E-state index contributed by atoms with van der Waals surface area (Å²) in [6.45, 7) is 0. The van der Waals surface area contributed by atoms with Gasteiger partial charge in [0.2, 0.25) is 0 Å². The highest BCUT2D eigenvalue weighted by atomic mass is 79.9. The van der Waals surface area contributed by atoms with Crippen molar-refractivity contribution in [1.29, 1.82) is 0 Å². The van der Waals surface area contributed by atoms with Crippen molar-refractivity contribution in [3.63, 3.8) is 0 Å². The van der Waals surface area contributed by atoms with Gasteiger partial charge in [-0.1, -0.05) is 0 Å². The van der Waals surface area contributed by atoms with Gasteiger partial charge in [0.15, 0.2) is 0 Å². The SMILES string of the molecule is Cn1cc(Br)cc1C(=O)Nc1ccc(Br)cn1. The molecule has 2 aromatic heterocycles. The molecule has 1 N–H and O–H groups in total. The molecule has 88 valence electrons. The number of nitrogens with one attached hydrogen (secondary N) is 1. The molecule has 0 aliphatic rings. The number of carbonyl (C=O) groups is 1. The number of aromatic nitrogens is 2. The van der Waals surface area contributed by atoms with Gasteiger partial charge < -0.3 is 9.88 Å². The predicted molar refractivity (Wildman–Crippen MR) is 73.0 cm³/mol. The lowest BCUT2D eigenvalue weighted by atomic mass is 10.4. The van der Waals surface area contributed by atoms with Crippen molar-refractivity contribution in [1.82, 2.24) is 9.55 Å². The van der Waals surface area contributed by atoms with E-state index in [9.17, 15) is 4.79 Å². The fraction of sp³-hybridized carbons (Fsp3) is 0.0909. The van der Waals surface area contributed by atoms with Gasteiger partial charge in [-0.2, -0.15) is 0 Å². The molecule has 0 spiro atoms. The van der Waals surface area contributed by atoms with Crippen molar-refractivity contribution in [2.45, 2.75) is 0 Å². The lowest BCUT2D eigenvalue weighted by molar-refractivity contribution is 0.101. The zero-order valence-electron chi connectivity index (χ0n) is 8.95. The minimum Gasteiger partial charge on any atom is -0.345 e. The van der Waals surface area contributed by atoms with E-state index in [1.54, 1.807) is 22.9 Å². The Bertz CT molecular complexity index is 548. The molecule has 0 atom stereocenters. The second-order valence-electron chi connectivity index (χ2n) is 3.47. The minimum atomic E-state index is -0.187. The van der Waals surface area contributed by atoms with Crippen LogP contribution < -0.4 is 5.32 Å². The van der Waals surface area contributed by atoms with E-state index in [1.165, 1.54) is 0 Å². The Hall–Kier alpha value is -1.14. The molecule has 0 aliphatic carbocycles. The molecule has 17 heavy (non-hydrogen) atoms.